The molecular weight excluding hydrogens is 444 g/mol. The Morgan fingerprint density at radius 2 is 1.74 bits per heavy atom. The van der Waals surface area contributed by atoms with Gasteiger partial charge in [0.1, 0.15) is 6.04 Å². The van der Waals surface area contributed by atoms with E-state index in [1.807, 2.05) is 56.3 Å². The molecule has 0 bridgehead atoms. The van der Waals surface area contributed by atoms with Gasteiger partial charge in [-0.3, -0.25) is 14.5 Å². The smallest absolute Gasteiger partial charge is 0.247 e. The summed E-state index contributed by atoms with van der Waals surface area (Å²) in [5.41, 5.74) is 4.85. The van der Waals surface area contributed by atoms with Crippen LogP contribution in [0.15, 0.2) is 53.9 Å². The lowest BCUT2D eigenvalue weighted by atomic mass is 9.90. The highest BCUT2D eigenvalue weighted by molar-refractivity contribution is 7.13. The molecule has 0 radical (unpaired) electrons. The predicted octanol–water partition coefficient (Wildman–Crippen LogP) is 4.96. The second-order valence-electron chi connectivity index (χ2n) is 9.23. The maximum Gasteiger partial charge on any atom is 0.247 e. The number of carbonyl (C=O) groups excluding carboxylic acids is 2. The van der Waals surface area contributed by atoms with E-state index in [0.29, 0.717) is 6.42 Å². The number of nitrogens with zero attached hydrogens (tertiary/aromatic N) is 3. The average Bonchev–Trinajstić information content (AvgIpc) is 3.30. The van der Waals surface area contributed by atoms with E-state index in [2.05, 4.69) is 26.6 Å². The van der Waals surface area contributed by atoms with Gasteiger partial charge in [-0.2, -0.15) is 0 Å². The van der Waals surface area contributed by atoms with Crippen molar-refractivity contribution in [2.45, 2.75) is 45.6 Å². The summed E-state index contributed by atoms with van der Waals surface area (Å²) in [5.74, 6) is -0.155. The Hall–Kier alpha value is -3.19. The number of para-hydroxylation sites is 2. The van der Waals surface area contributed by atoms with Crippen molar-refractivity contribution in [3.05, 3.63) is 70.7 Å². The van der Waals surface area contributed by atoms with Gasteiger partial charge in [0.05, 0.1) is 5.69 Å². The van der Waals surface area contributed by atoms with Gasteiger partial charge in [0, 0.05) is 35.8 Å². The number of anilines is 3. The first-order valence-corrected chi connectivity index (χ1v) is 12.8. The van der Waals surface area contributed by atoms with Crippen molar-refractivity contribution in [2.75, 3.05) is 28.2 Å². The summed E-state index contributed by atoms with van der Waals surface area (Å²) in [7, 11) is 0. The number of amides is 2. The highest BCUT2D eigenvalue weighted by Crippen LogP contribution is 2.35. The van der Waals surface area contributed by atoms with Gasteiger partial charge in [-0.15, -0.1) is 11.3 Å². The summed E-state index contributed by atoms with van der Waals surface area (Å²) in [6.07, 6.45) is 2.94. The molecule has 176 valence electrons. The highest BCUT2D eigenvalue weighted by atomic mass is 32.1. The van der Waals surface area contributed by atoms with Gasteiger partial charge < -0.3 is 10.2 Å². The van der Waals surface area contributed by atoms with E-state index < -0.39 is 6.04 Å². The zero-order valence-electron chi connectivity index (χ0n) is 19.7. The van der Waals surface area contributed by atoms with E-state index in [0.717, 1.165) is 65.7 Å². The van der Waals surface area contributed by atoms with Gasteiger partial charge in [0.15, 0.2) is 5.13 Å². The van der Waals surface area contributed by atoms with Crippen molar-refractivity contribution in [1.29, 1.82) is 0 Å². The normalized spacial score (nSPS) is 18.5. The Bertz CT molecular complexity index is 1200. The highest BCUT2D eigenvalue weighted by Gasteiger charge is 2.39. The molecule has 3 aromatic rings. The molecule has 6 nitrogen and oxygen atoms in total. The van der Waals surface area contributed by atoms with Crippen LogP contribution in [0.5, 0.6) is 0 Å². The first-order chi connectivity index (χ1) is 16.5. The topological polar surface area (TPSA) is 65.5 Å². The van der Waals surface area contributed by atoms with Crippen molar-refractivity contribution in [3.8, 4) is 0 Å². The minimum atomic E-state index is -0.512. The number of thiazole rings is 1. The molecule has 0 spiro atoms. The molecule has 1 saturated heterocycles. The summed E-state index contributed by atoms with van der Waals surface area (Å²) in [6.45, 7) is 5.59. The molecule has 0 aliphatic carbocycles. The molecule has 3 heterocycles. The predicted molar refractivity (Wildman–Crippen MR) is 138 cm³/mol. The third-order valence-corrected chi connectivity index (χ3v) is 7.93. The Morgan fingerprint density at radius 1 is 1.00 bits per heavy atom. The second-order valence-corrected chi connectivity index (χ2v) is 10.1. The number of fused-ring (bicyclic) bond motifs is 1. The van der Waals surface area contributed by atoms with Crippen LogP contribution in [0, 0.1) is 19.8 Å². The third kappa shape index (κ3) is 4.44. The van der Waals surface area contributed by atoms with Gasteiger partial charge in [-0.1, -0.05) is 36.4 Å². The van der Waals surface area contributed by atoms with Crippen LogP contribution in [-0.4, -0.2) is 35.9 Å². The van der Waals surface area contributed by atoms with Gasteiger partial charge in [0.2, 0.25) is 11.8 Å². The number of carbonyl (C=O) groups is 2. The van der Waals surface area contributed by atoms with E-state index >= 15 is 0 Å². The molecule has 0 saturated carbocycles. The van der Waals surface area contributed by atoms with Crippen molar-refractivity contribution in [3.63, 3.8) is 0 Å². The van der Waals surface area contributed by atoms with Crippen LogP contribution in [0.1, 0.15) is 36.1 Å². The zero-order valence-corrected chi connectivity index (χ0v) is 20.5. The number of hydrogen-bond donors (Lipinski definition) is 1. The summed E-state index contributed by atoms with van der Waals surface area (Å²) in [6, 6.07) is 15.3. The molecule has 1 N–H and O–H groups in total. The maximum absolute atomic E-state index is 13.9. The summed E-state index contributed by atoms with van der Waals surface area (Å²) in [4.78, 5) is 36.0. The molecule has 34 heavy (non-hydrogen) atoms. The van der Waals surface area contributed by atoms with Crippen LogP contribution in [0.2, 0.25) is 0 Å². The Morgan fingerprint density at radius 3 is 2.47 bits per heavy atom. The third-order valence-electron chi connectivity index (χ3n) is 6.91. The lowest BCUT2D eigenvalue weighted by molar-refractivity contribution is -0.126. The van der Waals surface area contributed by atoms with Crippen LogP contribution < -0.4 is 15.1 Å². The minimum absolute atomic E-state index is 0.0621. The number of nitrogens with one attached hydrogen (secondary N) is 1. The molecule has 2 aromatic carbocycles. The van der Waals surface area contributed by atoms with Gasteiger partial charge >= 0.3 is 0 Å². The van der Waals surface area contributed by atoms with Crippen LogP contribution in [0.4, 0.5) is 16.5 Å². The van der Waals surface area contributed by atoms with Gasteiger partial charge in [-0.05, 0) is 62.8 Å². The lowest BCUT2D eigenvalue weighted by Gasteiger charge is -2.40. The van der Waals surface area contributed by atoms with E-state index in [1.165, 1.54) is 0 Å². The number of aryl methyl sites for hydroxylation is 3. The Kier molecular flexibility index (Phi) is 6.37. The Labute approximate surface area is 204 Å². The van der Waals surface area contributed by atoms with Crippen LogP contribution in [0.3, 0.4) is 0 Å². The molecule has 5 rings (SSSR count). The Balaban J connectivity index is 1.36. The summed E-state index contributed by atoms with van der Waals surface area (Å²) < 4.78 is 0. The van der Waals surface area contributed by atoms with Crippen molar-refractivity contribution in [2.24, 2.45) is 5.92 Å². The molecule has 7 heteroatoms. The average molecular weight is 475 g/mol. The van der Waals surface area contributed by atoms with E-state index in [-0.39, 0.29) is 17.7 Å². The fourth-order valence-electron chi connectivity index (χ4n) is 5.00. The lowest BCUT2D eigenvalue weighted by Crippen LogP contribution is -2.53. The number of hydrogen-bond acceptors (Lipinski definition) is 5. The van der Waals surface area contributed by atoms with E-state index in [9.17, 15) is 9.59 Å². The summed E-state index contributed by atoms with van der Waals surface area (Å²) in [5, 5.41) is 6.18. The molecule has 2 aliphatic rings. The molecule has 1 atom stereocenters. The van der Waals surface area contributed by atoms with Gasteiger partial charge in [0.25, 0.3) is 0 Å². The maximum atomic E-state index is 13.9. The van der Waals surface area contributed by atoms with Crippen molar-refractivity contribution in [1.82, 2.24) is 4.98 Å². The van der Waals surface area contributed by atoms with Crippen LogP contribution >= 0.6 is 11.3 Å². The van der Waals surface area contributed by atoms with Crippen LogP contribution in [-0.2, 0) is 16.0 Å². The number of piperidine rings is 1. The fraction of sp³-hybridized carbons (Fsp3) is 0.370. The molecule has 1 aromatic heterocycles. The zero-order chi connectivity index (χ0) is 23.7. The molecule has 1 fully saturated rings. The largest absolute Gasteiger partial charge is 0.348 e. The molecule has 1 unspecified atom stereocenters. The van der Waals surface area contributed by atoms with Gasteiger partial charge in [-0.25, -0.2) is 4.98 Å². The van der Waals surface area contributed by atoms with Crippen LogP contribution in [0.25, 0.3) is 0 Å². The first-order valence-electron chi connectivity index (χ1n) is 12.0. The fourth-order valence-corrected chi connectivity index (χ4v) is 5.85. The second kappa shape index (κ2) is 9.58. The molecule has 2 amide bonds. The van der Waals surface area contributed by atoms with E-state index in [1.54, 1.807) is 16.2 Å². The minimum Gasteiger partial charge on any atom is -0.348 e. The monoisotopic (exact) mass is 474 g/mol. The number of benzene rings is 2. The standard InChI is InChI=1S/C27H30N4O2S/c1-18-7-3-5-9-22(18)29-25(32)24-12-11-20-8-4-6-10-23(20)31(24)26(33)21-13-15-30(16-14-21)27-28-19(2)17-34-27/h3-10,17,21,24H,11-16H2,1-2H3,(H,29,32). The quantitative estimate of drug-likeness (QED) is 0.580. The number of aromatic nitrogens is 1. The first kappa shape index (κ1) is 22.6. The molecule has 2 aliphatic heterocycles. The van der Waals surface area contributed by atoms with Crippen molar-refractivity contribution < 1.29 is 9.59 Å². The van der Waals surface area contributed by atoms with Crippen molar-refractivity contribution >= 4 is 39.7 Å². The number of rotatable bonds is 4. The summed E-state index contributed by atoms with van der Waals surface area (Å²) >= 11 is 1.66. The molecular formula is C27H30N4O2S. The SMILES string of the molecule is Cc1csc(N2CCC(C(=O)N3c4ccccc4CCC3C(=O)Nc3ccccc3C)CC2)n1. The van der Waals surface area contributed by atoms with E-state index in [4.69, 9.17) is 0 Å².